The van der Waals surface area contributed by atoms with Crippen molar-refractivity contribution in [2.75, 3.05) is 7.11 Å². The van der Waals surface area contributed by atoms with Crippen LogP contribution in [0.2, 0.25) is 0 Å². The van der Waals surface area contributed by atoms with E-state index in [1.807, 2.05) is 12.1 Å². The zero-order valence-electron chi connectivity index (χ0n) is 9.88. The molecule has 0 unspecified atom stereocenters. The molecule has 18 heavy (non-hydrogen) atoms. The van der Waals surface area contributed by atoms with Crippen molar-refractivity contribution >= 4 is 21.9 Å². The number of aryl methyl sites for hydroxylation is 1. The van der Waals surface area contributed by atoms with E-state index in [9.17, 15) is 4.79 Å². The van der Waals surface area contributed by atoms with Crippen molar-refractivity contribution in [1.29, 1.82) is 0 Å². The average Bonchev–Trinajstić information content (AvgIpc) is 2.70. The second-order valence-electron chi connectivity index (χ2n) is 3.53. The van der Waals surface area contributed by atoms with Gasteiger partial charge in [0.05, 0.1) is 13.3 Å². The number of methoxy groups -OCH3 is 1. The molecule has 94 valence electrons. The molecule has 5 nitrogen and oxygen atoms in total. The number of hydrogen-bond acceptors (Lipinski definition) is 4. The lowest BCUT2D eigenvalue weighted by Gasteiger charge is -2.06. The van der Waals surface area contributed by atoms with Crippen LogP contribution in [-0.4, -0.2) is 22.9 Å². The number of esters is 1. The van der Waals surface area contributed by atoms with E-state index >= 15 is 0 Å². The van der Waals surface area contributed by atoms with Crippen molar-refractivity contribution in [3.8, 4) is 11.5 Å². The number of carbonyl (C=O) groups is 1. The summed E-state index contributed by atoms with van der Waals surface area (Å²) in [5, 5.41) is 3.98. The molecule has 0 amide bonds. The molecule has 1 aromatic heterocycles. The molecule has 2 aromatic rings. The van der Waals surface area contributed by atoms with Gasteiger partial charge in [-0.2, -0.15) is 5.10 Å². The summed E-state index contributed by atoms with van der Waals surface area (Å²) in [5.41, 5.74) is 0.275. The van der Waals surface area contributed by atoms with E-state index in [1.54, 1.807) is 19.2 Å². The predicted octanol–water partition coefficient (Wildman–Crippen LogP) is 2.76. The van der Waals surface area contributed by atoms with Crippen molar-refractivity contribution in [3.63, 3.8) is 0 Å². The zero-order valence-corrected chi connectivity index (χ0v) is 11.5. The summed E-state index contributed by atoms with van der Waals surface area (Å²) in [6.45, 7) is 0. The molecule has 0 aliphatic heterocycles. The predicted molar refractivity (Wildman–Crippen MR) is 68.8 cm³/mol. The summed E-state index contributed by atoms with van der Waals surface area (Å²) in [6.07, 6.45) is 1.48. The number of carbonyl (C=O) groups excluding carboxylic acids is 1. The highest BCUT2D eigenvalue weighted by atomic mass is 79.9. The molecule has 0 N–H and O–H groups in total. The molecular weight excluding hydrogens is 300 g/mol. The number of nitrogens with zero attached hydrogens (tertiary/aromatic N) is 2. The van der Waals surface area contributed by atoms with Crippen LogP contribution in [0.15, 0.2) is 34.9 Å². The van der Waals surface area contributed by atoms with Crippen molar-refractivity contribution in [1.82, 2.24) is 9.78 Å². The van der Waals surface area contributed by atoms with Crippen LogP contribution in [0.1, 0.15) is 10.5 Å². The normalized spacial score (nSPS) is 10.2. The minimum absolute atomic E-state index is 0.275. The van der Waals surface area contributed by atoms with E-state index in [1.165, 1.54) is 18.0 Å². The van der Waals surface area contributed by atoms with Crippen LogP contribution in [0.5, 0.6) is 11.5 Å². The van der Waals surface area contributed by atoms with Crippen molar-refractivity contribution in [3.05, 3.63) is 40.6 Å². The van der Waals surface area contributed by atoms with E-state index in [2.05, 4.69) is 25.8 Å². The summed E-state index contributed by atoms with van der Waals surface area (Å²) < 4.78 is 12.6. The third-order valence-corrected chi connectivity index (χ3v) is 2.80. The molecule has 0 fully saturated rings. The lowest BCUT2D eigenvalue weighted by molar-refractivity contribution is 0.0585. The minimum atomic E-state index is -0.486. The Morgan fingerprint density at radius 1 is 1.44 bits per heavy atom. The first-order chi connectivity index (χ1) is 8.61. The first-order valence-electron chi connectivity index (χ1n) is 5.15. The van der Waals surface area contributed by atoms with E-state index in [-0.39, 0.29) is 5.69 Å². The lowest BCUT2D eigenvalue weighted by atomic mass is 10.3. The summed E-state index contributed by atoms with van der Waals surface area (Å²) in [6, 6.07) is 7.32. The van der Waals surface area contributed by atoms with E-state index < -0.39 is 5.97 Å². The van der Waals surface area contributed by atoms with Gasteiger partial charge in [0, 0.05) is 11.5 Å². The number of benzene rings is 1. The third-order valence-electron chi connectivity index (χ3n) is 2.31. The van der Waals surface area contributed by atoms with Gasteiger partial charge in [-0.25, -0.2) is 4.79 Å². The highest BCUT2D eigenvalue weighted by molar-refractivity contribution is 9.10. The molecule has 1 heterocycles. The fourth-order valence-corrected chi connectivity index (χ4v) is 1.86. The Morgan fingerprint density at radius 3 is 2.89 bits per heavy atom. The molecule has 0 saturated heterocycles. The molecule has 0 aliphatic rings. The highest BCUT2D eigenvalue weighted by Gasteiger charge is 2.19. The van der Waals surface area contributed by atoms with Gasteiger partial charge in [-0.1, -0.05) is 22.0 Å². The average molecular weight is 311 g/mol. The Morgan fingerprint density at radius 2 is 2.22 bits per heavy atom. The van der Waals surface area contributed by atoms with Crippen LogP contribution in [0.3, 0.4) is 0 Å². The van der Waals surface area contributed by atoms with Gasteiger partial charge in [0.2, 0.25) is 0 Å². The number of halogens is 1. The summed E-state index contributed by atoms with van der Waals surface area (Å²) >= 11 is 3.35. The molecule has 0 atom stereocenters. The van der Waals surface area contributed by atoms with Gasteiger partial charge in [-0.05, 0) is 18.2 Å². The van der Waals surface area contributed by atoms with E-state index in [4.69, 9.17) is 4.74 Å². The molecule has 1 aromatic carbocycles. The van der Waals surface area contributed by atoms with Crippen molar-refractivity contribution < 1.29 is 14.3 Å². The fraction of sp³-hybridized carbons (Fsp3) is 0.167. The van der Waals surface area contributed by atoms with E-state index in [0.29, 0.717) is 11.5 Å². The van der Waals surface area contributed by atoms with Crippen molar-refractivity contribution in [2.45, 2.75) is 0 Å². The zero-order chi connectivity index (χ0) is 13.1. The van der Waals surface area contributed by atoms with Gasteiger partial charge < -0.3 is 9.47 Å². The number of hydrogen-bond donors (Lipinski definition) is 0. The van der Waals surface area contributed by atoms with Crippen LogP contribution in [0, 0.1) is 0 Å². The molecule has 0 aliphatic carbocycles. The SMILES string of the molecule is COC(=O)c1c(Oc2cccc(Br)c2)cnn1C. The van der Waals surface area contributed by atoms with Gasteiger partial charge in [0.15, 0.2) is 11.4 Å². The second kappa shape index (κ2) is 5.22. The Bertz CT molecular complexity index is 580. The van der Waals surface area contributed by atoms with Gasteiger partial charge in [-0.3, -0.25) is 4.68 Å². The molecule has 0 radical (unpaired) electrons. The Labute approximate surface area is 112 Å². The minimum Gasteiger partial charge on any atom is -0.464 e. The second-order valence-corrected chi connectivity index (χ2v) is 4.45. The van der Waals surface area contributed by atoms with Crippen molar-refractivity contribution in [2.24, 2.45) is 7.05 Å². The summed E-state index contributed by atoms with van der Waals surface area (Å²) in [5.74, 6) is 0.491. The maximum absolute atomic E-state index is 11.6. The Kier molecular flexibility index (Phi) is 3.66. The lowest BCUT2D eigenvalue weighted by Crippen LogP contribution is -2.09. The topological polar surface area (TPSA) is 53.4 Å². The number of rotatable bonds is 3. The smallest absolute Gasteiger partial charge is 0.360 e. The van der Waals surface area contributed by atoms with Gasteiger partial charge in [0.1, 0.15) is 5.75 Å². The maximum atomic E-state index is 11.6. The van der Waals surface area contributed by atoms with Gasteiger partial charge in [-0.15, -0.1) is 0 Å². The molecule has 0 saturated carbocycles. The van der Waals surface area contributed by atoms with Crippen LogP contribution in [0.25, 0.3) is 0 Å². The van der Waals surface area contributed by atoms with Gasteiger partial charge >= 0.3 is 5.97 Å². The first-order valence-corrected chi connectivity index (χ1v) is 5.95. The largest absolute Gasteiger partial charge is 0.464 e. The Balaban J connectivity index is 2.32. The maximum Gasteiger partial charge on any atom is 0.360 e. The third kappa shape index (κ3) is 2.53. The first kappa shape index (κ1) is 12.6. The number of ether oxygens (including phenoxy) is 2. The number of aromatic nitrogens is 2. The van der Waals surface area contributed by atoms with E-state index in [0.717, 1.165) is 4.47 Å². The summed E-state index contributed by atoms with van der Waals surface area (Å²) in [4.78, 5) is 11.6. The summed E-state index contributed by atoms with van der Waals surface area (Å²) in [7, 11) is 2.97. The van der Waals surface area contributed by atoms with Crippen LogP contribution >= 0.6 is 15.9 Å². The highest BCUT2D eigenvalue weighted by Crippen LogP contribution is 2.27. The standard InChI is InChI=1S/C12H11BrN2O3/c1-15-11(12(16)17-2)10(7-14-15)18-9-5-3-4-8(13)6-9/h3-7H,1-2H3. The fourth-order valence-electron chi connectivity index (χ4n) is 1.48. The monoisotopic (exact) mass is 310 g/mol. The molecule has 0 spiro atoms. The molecular formula is C12H11BrN2O3. The Hall–Kier alpha value is -1.82. The van der Waals surface area contributed by atoms with Crippen LogP contribution in [-0.2, 0) is 11.8 Å². The quantitative estimate of drug-likeness (QED) is 0.818. The molecule has 2 rings (SSSR count). The van der Waals surface area contributed by atoms with Crippen LogP contribution < -0.4 is 4.74 Å². The molecule has 6 heteroatoms. The molecule has 0 bridgehead atoms. The van der Waals surface area contributed by atoms with Crippen LogP contribution in [0.4, 0.5) is 0 Å². The van der Waals surface area contributed by atoms with Gasteiger partial charge in [0.25, 0.3) is 0 Å².